The van der Waals surface area contributed by atoms with Gasteiger partial charge in [0.25, 0.3) is 0 Å². The molecule has 0 aliphatic rings. The Morgan fingerprint density at radius 3 is 2.07 bits per heavy atom. The van der Waals surface area contributed by atoms with Crippen molar-refractivity contribution in [3.63, 3.8) is 0 Å². The molecule has 0 bridgehead atoms. The number of fused-ring (bicyclic) bond motifs is 3. The van der Waals surface area contributed by atoms with Crippen LogP contribution in [0.3, 0.4) is 0 Å². The number of carbonyl (C=O) groups excluding carboxylic acids is 1. The third-order valence-corrected chi connectivity index (χ3v) is 7.67. The van der Waals surface area contributed by atoms with Gasteiger partial charge < -0.3 is 10.1 Å². The summed E-state index contributed by atoms with van der Waals surface area (Å²) in [5.74, 6) is -0.492. The second-order valence-corrected chi connectivity index (χ2v) is 10.5. The predicted octanol–water partition coefficient (Wildman–Crippen LogP) is 9.93. The molecular weight excluding hydrogens is 697 g/mol. The molecule has 0 aliphatic heterocycles. The number of carbonyl (C=O) groups is 1. The Bertz CT molecular complexity index is 1520. The smallest absolute Gasteiger partial charge is 0.162 e. The maximum Gasteiger partial charge on any atom is 0.162 e. The summed E-state index contributed by atoms with van der Waals surface area (Å²) in [6, 6.07) is 14.2. The molecule has 1 aromatic heterocycles. The van der Waals surface area contributed by atoms with Gasteiger partial charge in [0.05, 0.1) is 5.76 Å². The summed E-state index contributed by atoms with van der Waals surface area (Å²) in [6.07, 6.45) is 6.59. The number of pyridine rings is 1. The molecule has 1 radical (unpaired) electrons. The van der Waals surface area contributed by atoms with Gasteiger partial charge in [0, 0.05) is 55.2 Å². The van der Waals surface area contributed by atoms with Crippen molar-refractivity contribution in [2.75, 3.05) is 0 Å². The summed E-state index contributed by atoms with van der Waals surface area (Å²) in [7, 11) is 0. The molecule has 221 valence electrons. The van der Waals surface area contributed by atoms with Crippen LogP contribution in [0.5, 0.6) is 0 Å². The van der Waals surface area contributed by atoms with Crippen LogP contribution in [-0.2, 0) is 24.9 Å². The SMILES string of the molecule is CCC(CC)C(=O)C=C(O)C(CC)CC.Cc1[c-]c(-c2nccc3c2ccc2c(F)c(C)c(F)cc23)cc(C)c1.[Ir]. The van der Waals surface area contributed by atoms with Gasteiger partial charge in [-0.2, -0.15) is 0 Å². The summed E-state index contributed by atoms with van der Waals surface area (Å²) in [5, 5.41) is 12.4. The largest absolute Gasteiger partial charge is 0.512 e. The van der Waals surface area contributed by atoms with Crippen molar-refractivity contribution in [2.45, 2.75) is 74.1 Å². The first-order valence-corrected chi connectivity index (χ1v) is 14.2. The minimum absolute atomic E-state index is 0. The van der Waals surface area contributed by atoms with E-state index < -0.39 is 11.6 Å². The van der Waals surface area contributed by atoms with Crippen LogP contribution in [-0.4, -0.2) is 15.9 Å². The topological polar surface area (TPSA) is 50.2 Å². The van der Waals surface area contributed by atoms with Crippen LogP contribution in [0, 0.1) is 50.3 Å². The Morgan fingerprint density at radius 2 is 1.49 bits per heavy atom. The van der Waals surface area contributed by atoms with Gasteiger partial charge in [-0.25, -0.2) is 8.78 Å². The van der Waals surface area contributed by atoms with Gasteiger partial charge in [0.2, 0.25) is 0 Å². The third kappa shape index (κ3) is 7.87. The van der Waals surface area contributed by atoms with E-state index in [0.29, 0.717) is 10.8 Å². The van der Waals surface area contributed by atoms with Gasteiger partial charge in [-0.3, -0.25) is 4.79 Å². The number of benzene rings is 3. The Hall–Kier alpha value is -2.95. The van der Waals surface area contributed by atoms with E-state index in [9.17, 15) is 18.7 Å². The molecule has 6 heteroatoms. The summed E-state index contributed by atoms with van der Waals surface area (Å²) in [4.78, 5) is 16.2. The third-order valence-electron chi connectivity index (χ3n) is 7.67. The van der Waals surface area contributed by atoms with Crippen LogP contribution in [0.4, 0.5) is 8.78 Å². The first kappa shape index (κ1) is 34.3. The monoisotopic (exact) mass is 737 g/mol. The number of hydrogen-bond donors (Lipinski definition) is 1. The molecule has 0 unspecified atom stereocenters. The van der Waals surface area contributed by atoms with E-state index >= 15 is 0 Å². The number of halogens is 2. The van der Waals surface area contributed by atoms with Crippen LogP contribution in [0.2, 0.25) is 0 Å². The first-order valence-electron chi connectivity index (χ1n) is 14.2. The molecule has 0 saturated heterocycles. The number of aryl methyl sites for hydroxylation is 2. The number of ketones is 1. The van der Waals surface area contributed by atoms with Gasteiger partial charge in [-0.15, -0.1) is 34.9 Å². The fourth-order valence-electron chi connectivity index (χ4n) is 5.18. The van der Waals surface area contributed by atoms with E-state index in [4.69, 9.17) is 0 Å². The number of aromatic nitrogens is 1. The number of aliphatic hydroxyl groups excluding tert-OH is 1. The second kappa shape index (κ2) is 15.3. The summed E-state index contributed by atoms with van der Waals surface area (Å²) in [5.41, 5.74) is 3.85. The maximum absolute atomic E-state index is 14.5. The molecule has 1 N–H and O–H groups in total. The molecule has 4 aromatic rings. The minimum Gasteiger partial charge on any atom is -0.512 e. The Labute approximate surface area is 256 Å². The van der Waals surface area contributed by atoms with E-state index in [1.807, 2.05) is 53.7 Å². The van der Waals surface area contributed by atoms with E-state index in [2.05, 4.69) is 17.1 Å². The summed E-state index contributed by atoms with van der Waals surface area (Å²) in [6.45, 7) is 13.5. The molecule has 0 aliphatic carbocycles. The van der Waals surface area contributed by atoms with E-state index in [1.165, 1.54) is 19.1 Å². The van der Waals surface area contributed by atoms with Gasteiger partial charge in [0.15, 0.2) is 5.78 Å². The molecule has 4 rings (SSSR count). The Kier molecular flexibility index (Phi) is 12.8. The average Bonchev–Trinajstić information content (AvgIpc) is 2.92. The summed E-state index contributed by atoms with van der Waals surface area (Å²) >= 11 is 0. The fraction of sp³-hybridized carbons (Fsp3) is 0.371. The normalized spacial score (nSPS) is 11.5. The van der Waals surface area contributed by atoms with Crippen molar-refractivity contribution in [3.05, 3.63) is 88.8 Å². The number of allylic oxidation sites excluding steroid dienone is 2. The van der Waals surface area contributed by atoms with Crippen molar-refractivity contribution >= 4 is 27.3 Å². The average molecular weight is 737 g/mol. The number of hydrogen-bond acceptors (Lipinski definition) is 3. The molecule has 1 heterocycles. The molecule has 3 aromatic carbocycles. The Balaban J connectivity index is 0.000000320. The Morgan fingerprint density at radius 1 is 0.878 bits per heavy atom. The molecule has 0 spiro atoms. The first-order chi connectivity index (χ1) is 19.1. The minimum atomic E-state index is -0.533. The summed E-state index contributed by atoms with van der Waals surface area (Å²) < 4.78 is 28.6. The van der Waals surface area contributed by atoms with Gasteiger partial charge in [0.1, 0.15) is 11.6 Å². The number of nitrogens with zero attached hydrogens (tertiary/aromatic N) is 1. The van der Waals surface area contributed by atoms with Crippen LogP contribution in [0.15, 0.2) is 54.4 Å². The van der Waals surface area contributed by atoms with Crippen molar-refractivity contribution in [1.29, 1.82) is 0 Å². The molecule has 0 fully saturated rings. The maximum atomic E-state index is 14.5. The van der Waals surface area contributed by atoms with Crippen LogP contribution < -0.4 is 0 Å². The number of rotatable bonds is 8. The quantitative estimate of drug-likeness (QED) is 0.0849. The van der Waals surface area contributed by atoms with Crippen LogP contribution >= 0.6 is 0 Å². The van der Waals surface area contributed by atoms with Crippen LogP contribution in [0.1, 0.15) is 70.1 Å². The van der Waals surface area contributed by atoms with Crippen molar-refractivity contribution in [2.24, 2.45) is 11.8 Å². The number of aliphatic hydroxyl groups is 1. The molecule has 0 amide bonds. The zero-order chi connectivity index (χ0) is 29.6. The van der Waals surface area contributed by atoms with Gasteiger partial charge in [-0.05, 0) is 66.6 Å². The molecule has 0 saturated carbocycles. The van der Waals surface area contributed by atoms with Crippen molar-refractivity contribution in [1.82, 2.24) is 4.98 Å². The van der Waals surface area contributed by atoms with Crippen molar-refractivity contribution in [3.8, 4) is 11.3 Å². The van der Waals surface area contributed by atoms with Crippen molar-refractivity contribution < 1.29 is 38.8 Å². The standard InChI is InChI=1S/C22H16F2N.C13H24O2.Ir/c1-12-8-13(2)10-15(9-12)22-18-5-4-17-19(16(18)6-7-25-22)11-20(23)14(3)21(17)24;1-5-10(6-2)12(14)9-13(15)11(7-3)8-4;/h4-9,11H,1-3H3;9-11,14H,5-8H2,1-4H3;/q-1;;. The molecule has 3 nitrogen and oxygen atoms in total. The zero-order valence-corrected chi connectivity index (χ0v) is 27.4. The zero-order valence-electron chi connectivity index (χ0n) is 25.0. The van der Waals surface area contributed by atoms with E-state index in [-0.39, 0.29) is 49.0 Å². The fourth-order valence-corrected chi connectivity index (χ4v) is 5.18. The van der Waals surface area contributed by atoms with E-state index in [0.717, 1.165) is 58.8 Å². The molecule has 0 atom stereocenters. The predicted molar refractivity (Wildman–Crippen MR) is 162 cm³/mol. The van der Waals surface area contributed by atoms with E-state index in [1.54, 1.807) is 18.3 Å². The van der Waals surface area contributed by atoms with Gasteiger partial charge in [-0.1, -0.05) is 53.7 Å². The molecular formula is C35H40F2IrNO2-. The van der Waals surface area contributed by atoms with Crippen LogP contribution in [0.25, 0.3) is 32.8 Å². The second-order valence-electron chi connectivity index (χ2n) is 10.5. The molecule has 41 heavy (non-hydrogen) atoms. The van der Waals surface area contributed by atoms with Gasteiger partial charge >= 0.3 is 0 Å².